The number of thiocarbonyl (C=S) groups is 1. The highest BCUT2D eigenvalue weighted by molar-refractivity contribution is 7.80. The van der Waals surface area contributed by atoms with Crippen molar-refractivity contribution in [3.63, 3.8) is 0 Å². The number of amides is 1. The van der Waals surface area contributed by atoms with Crippen LogP contribution in [0.15, 0.2) is 30.3 Å². The van der Waals surface area contributed by atoms with E-state index < -0.39 is 5.97 Å². The number of hydrogen-bond donors (Lipinski definition) is 4. The van der Waals surface area contributed by atoms with E-state index in [2.05, 4.69) is 22.9 Å². The molecule has 0 unspecified atom stereocenters. The van der Waals surface area contributed by atoms with Crippen molar-refractivity contribution in [1.82, 2.24) is 10.6 Å². The van der Waals surface area contributed by atoms with Crippen LogP contribution in [-0.2, 0) is 9.59 Å². The van der Waals surface area contributed by atoms with E-state index in [0.717, 1.165) is 31.4 Å². The molecular weight excluding hydrogens is 362 g/mol. The number of para-hydroxylation sites is 1. The normalized spacial score (nSPS) is 11.4. The predicted octanol–water partition coefficient (Wildman–Crippen LogP) is 3.68. The molecule has 1 aromatic carbocycles. The minimum absolute atomic E-state index is 0.0172. The van der Waals surface area contributed by atoms with Gasteiger partial charge in [-0.25, -0.2) is 0 Å². The minimum Gasteiger partial charge on any atom is -0.481 e. The number of aliphatic carboxylic acids is 1. The second-order valence-corrected chi connectivity index (χ2v) is 6.95. The van der Waals surface area contributed by atoms with Crippen LogP contribution in [0, 0.1) is 0 Å². The van der Waals surface area contributed by atoms with Crippen molar-refractivity contribution in [3.8, 4) is 0 Å². The Kier molecular flexibility index (Phi) is 11.8. The maximum atomic E-state index is 11.9. The van der Waals surface area contributed by atoms with Crippen LogP contribution in [0.25, 0.3) is 0 Å². The molecule has 27 heavy (non-hydrogen) atoms. The van der Waals surface area contributed by atoms with Crippen molar-refractivity contribution < 1.29 is 14.7 Å². The highest BCUT2D eigenvalue weighted by atomic mass is 32.1. The Labute approximate surface area is 167 Å². The quantitative estimate of drug-likeness (QED) is 0.302. The third-order valence-corrected chi connectivity index (χ3v) is 4.37. The van der Waals surface area contributed by atoms with Gasteiger partial charge in [0, 0.05) is 31.1 Å². The first-order chi connectivity index (χ1) is 13.0. The molecule has 0 saturated carbocycles. The molecule has 150 valence electrons. The molecule has 0 aliphatic rings. The summed E-state index contributed by atoms with van der Waals surface area (Å²) in [6.45, 7) is 2.75. The Morgan fingerprint density at radius 1 is 1.07 bits per heavy atom. The van der Waals surface area contributed by atoms with E-state index in [0.29, 0.717) is 30.9 Å². The van der Waals surface area contributed by atoms with Crippen molar-refractivity contribution in [2.45, 2.75) is 64.3 Å². The summed E-state index contributed by atoms with van der Waals surface area (Å²) in [5.74, 6) is -0.782. The number of carbonyl (C=O) groups is 2. The Morgan fingerprint density at radius 2 is 1.78 bits per heavy atom. The van der Waals surface area contributed by atoms with Crippen LogP contribution in [-0.4, -0.2) is 34.7 Å². The highest BCUT2D eigenvalue weighted by Gasteiger charge is 2.11. The number of carboxylic acids is 1. The third kappa shape index (κ3) is 12.0. The molecule has 4 N–H and O–H groups in total. The molecule has 7 heteroatoms. The van der Waals surface area contributed by atoms with Crippen LogP contribution in [0.5, 0.6) is 0 Å². The summed E-state index contributed by atoms with van der Waals surface area (Å²) >= 11 is 5.33. The van der Waals surface area contributed by atoms with Gasteiger partial charge in [-0.2, -0.15) is 0 Å². The van der Waals surface area contributed by atoms with Crippen LogP contribution in [0.1, 0.15) is 58.3 Å². The van der Waals surface area contributed by atoms with Gasteiger partial charge in [-0.3, -0.25) is 9.59 Å². The SMILES string of the molecule is CCCC[C@@H](CCCC(=O)O)NC(=S)NCCCC(=O)Nc1ccccc1. The Bertz CT molecular complexity index is 581. The maximum Gasteiger partial charge on any atom is 0.303 e. The van der Waals surface area contributed by atoms with Crippen LogP contribution < -0.4 is 16.0 Å². The zero-order valence-corrected chi connectivity index (χ0v) is 16.8. The molecule has 0 bridgehead atoms. The molecule has 0 fully saturated rings. The van der Waals surface area contributed by atoms with Gasteiger partial charge in [-0.1, -0.05) is 38.0 Å². The second-order valence-electron chi connectivity index (χ2n) is 6.54. The number of carbonyl (C=O) groups excluding carboxylic acids is 1. The molecule has 0 aliphatic heterocycles. The van der Waals surface area contributed by atoms with Crippen molar-refractivity contribution >= 4 is 34.9 Å². The molecular formula is C20H31N3O3S. The Balaban J connectivity index is 2.22. The molecule has 0 aromatic heterocycles. The second kappa shape index (κ2) is 14.0. The fraction of sp³-hybridized carbons (Fsp3) is 0.550. The van der Waals surface area contributed by atoms with Crippen LogP contribution in [0.3, 0.4) is 0 Å². The van der Waals surface area contributed by atoms with Gasteiger partial charge in [-0.05, 0) is 50.0 Å². The Hall–Kier alpha value is -2.15. The molecule has 1 amide bonds. The summed E-state index contributed by atoms with van der Waals surface area (Å²) in [4.78, 5) is 22.6. The van der Waals surface area contributed by atoms with Crippen molar-refractivity contribution in [3.05, 3.63) is 30.3 Å². The van der Waals surface area contributed by atoms with E-state index >= 15 is 0 Å². The average Bonchev–Trinajstić information content (AvgIpc) is 2.63. The number of unbranched alkanes of at least 4 members (excludes halogenated alkanes) is 1. The topological polar surface area (TPSA) is 90.5 Å². The highest BCUT2D eigenvalue weighted by Crippen LogP contribution is 2.09. The largest absolute Gasteiger partial charge is 0.481 e. The first-order valence-electron chi connectivity index (χ1n) is 9.62. The van der Waals surface area contributed by atoms with Crippen LogP contribution >= 0.6 is 12.2 Å². The minimum atomic E-state index is -0.765. The van der Waals surface area contributed by atoms with Gasteiger partial charge in [0.15, 0.2) is 5.11 Å². The summed E-state index contributed by atoms with van der Waals surface area (Å²) in [6, 6.07) is 9.57. The molecule has 0 spiro atoms. The predicted molar refractivity (Wildman–Crippen MR) is 113 cm³/mol. The zero-order chi connectivity index (χ0) is 19.9. The molecule has 1 atom stereocenters. The zero-order valence-electron chi connectivity index (χ0n) is 16.0. The molecule has 0 heterocycles. The number of nitrogens with one attached hydrogen (secondary N) is 3. The van der Waals surface area contributed by atoms with Crippen molar-refractivity contribution in [2.24, 2.45) is 0 Å². The summed E-state index contributed by atoms with van der Waals surface area (Å²) in [7, 11) is 0. The van der Waals surface area contributed by atoms with E-state index in [1.54, 1.807) is 0 Å². The van der Waals surface area contributed by atoms with E-state index in [-0.39, 0.29) is 18.4 Å². The van der Waals surface area contributed by atoms with E-state index in [9.17, 15) is 9.59 Å². The number of hydrogen-bond acceptors (Lipinski definition) is 3. The third-order valence-electron chi connectivity index (χ3n) is 4.11. The van der Waals surface area contributed by atoms with Gasteiger partial charge in [-0.15, -0.1) is 0 Å². The molecule has 1 rings (SSSR count). The Morgan fingerprint density at radius 3 is 2.44 bits per heavy atom. The molecule has 1 aromatic rings. The van der Waals surface area contributed by atoms with Gasteiger partial charge in [0.1, 0.15) is 0 Å². The smallest absolute Gasteiger partial charge is 0.303 e. The van der Waals surface area contributed by atoms with E-state index in [1.807, 2.05) is 30.3 Å². The van der Waals surface area contributed by atoms with Gasteiger partial charge in [0.2, 0.25) is 5.91 Å². The fourth-order valence-electron chi connectivity index (χ4n) is 2.67. The molecule has 6 nitrogen and oxygen atoms in total. The number of benzene rings is 1. The van der Waals surface area contributed by atoms with Gasteiger partial charge < -0.3 is 21.1 Å². The summed E-state index contributed by atoms with van der Waals surface area (Å²) < 4.78 is 0. The summed E-state index contributed by atoms with van der Waals surface area (Å²) in [5, 5.41) is 18.6. The lowest BCUT2D eigenvalue weighted by Gasteiger charge is -2.20. The number of carboxylic acid groups (broad SMARTS) is 1. The van der Waals surface area contributed by atoms with E-state index in [1.165, 1.54) is 0 Å². The monoisotopic (exact) mass is 393 g/mol. The van der Waals surface area contributed by atoms with Crippen LogP contribution in [0.4, 0.5) is 5.69 Å². The average molecular weight is 394 g/mol. The van der Waals surface area contributed by atoms with Gasteiger partial charge >= 0.3 is 5.97 Å². The lowest BCUT2D eigenvalue weighted by molar-refractivity contribution is -0.137. The molecule has 0 saturated heterocycles. The van der Waals surface area contributed by atoms with Crippen LogP contribution in [0.2, 0.25) is 0 Å². The standard InChI is InChI=1S/C20H31N3O3S/c1-2-3-9-17(12-7-14-19(25)26)23-20(27)21-15-8-13-18(24)22-16-10-5-4-6-11-16/h4-6,10-11,17H,2-3,7-9,12-15H2,1H3,(H,22,24)(H,25,26)(H2,21,23,27)/t17-/m0/s1. The summed E-state index contributed by atoms with van der Waals surface area (Å²) in [5.41, 5.74) is 0.799. The first kappa shape index (κ1) is 22.9. The van der Waals surface area contributed by atoms with Gasteiger partial charge in [0.25, 0.3) is 0 Å². The lowest BCUT2D eigenvalue weighted by atomic mass is 10.0. The maximum absolute atomic E-state index is 11.9. The molecule has 0 aliphatic carbocycles. The summed E-state index contributed by atoms with van der Waals surface area (Å²) in [6.07, 6.45) is 5.84. The van der Waals surface area contributed by atoms with Gasteiger partial charge in [0.05, 0.1) is 0 Å². The molecule has 0 radical (unpaired) electrons. The number of rotatable bonds is 13. The fourth-order valence-corrected chi connectivity index (χ4v) is 2.94. The number of anilines is 1. The van der Waals surface area contributed by atoms with E-state index in [4.69, 9.17) is 17.3 Å². The van der Waals surface area contributed by atoms with Crippen molar-refractivity contribution in [1.29, 1.82) is 0 Å². The van der Waals surface area contributed by atoms with Crippen molar-refractivity contribution in [2.75, 3.05) is 11.9 Å². The first-order valence-corrected chi connectivity index (χ1v) is 10.0. The lowest BCUT2D eigenvalue weighted by Crippen LogP contribution is -2.42.